The summed E-state index contributed by atoms with van der Waals surface area (Å²) in [5.74, 6) is 0.00199. The molecule has 5 heteroatoms. The van der Waals surface area contributed by atoms with Gasteiger partial charge in [-0.1, -0.05) is 17.7 Å². The standard InChI is InChI=1S/C13H16BrClN2O/c1-8-7-17(9(2)6-16-8)13(18)10-4-3-5-11(14)12(10)15/h3-5,8-9,16H,6-7H2,1-2H3. The van der Waals surface area contributed by atoms with Crippen LogP contribution in [0.25, 0.3) is 0 Å². The van der Waals surface area contributed by atoms with Gasteiger partial charge in [-0.05, 0) is 41.9 Å². The van der Waals surface area contributed by atoms with Gasteiger partial charge in [-0.2, -0.15) is 0 Å². The molecule has 2 rings (SSSR count). The highest BCUT2D eigenvalue weighted by molar-refractivity contribution is 9.10. The van der Waals surface area contributed by atoms with Gasteiger partial charge in [0, 0.05) is 29.6 Å². The molecule has 0 bridgehead atoms. The summed E-state index contributed by atoms with van der Waals surface area (Å²) in [6, 6.07) is 5.94. The van der Waals surface area contributed by atoms with E-state index in [0.717, 1.165) is 11.0 Å². The van der Waals surface area contributed by atoms with Gasteiger partial charge in [-0.15, -0.1) is 0 Å². The Balaban J connectivity index is 2.27. The molecular formula is C13H16BrClN2O. The van der Waals surface area contributed by atoms with E-state index in [1.54, 1.807) is 6.07 Å². The fourth-order valence-corrected chi connectivity index (χ4v) is 2.70. The van der Waals surface area contributed by atoms with Crippen molar-refractivity contribution >= 4 is 33.4 Å². The monoisotopic (exact) mass is 330 g/mol. The van der Waals surface area contributed by atoms with Crippen LogP contribution in [0.15, 0.2) is 22.7 Å². The van der Waals surface area contributed by atoms with E-state index in [9.17, 15) is 4.79 Å². The fourth-order valence-electron chi connectivity index (χ4n) is 2.13. The summed E-state index contributed by atoms with van der Waals surface area (Å²) in [5.41, 5.74) is 0.562. The van der Waals surface area contributed by atoms with E-state index >= 15 is 0 Å². The lowest BCUT2D eigenvalue weighted by molar-refractivity contribution is 0.0616. The van der Waals surface area contributed by atoms with Gasteiger partial charge in [0.05, 0.1) is 10.6 Å². The minimum atomic E-state index is 0.00199. The zero-order chi connectivity index (χ0) is 13.3. The molecule has 1 saturated heterocycles. The Morgan fingerprint density at radius 3 is 2.94 bits per heavy atom. The maximum atomic E-state index is 12.5. The third kappa shape index (κ3) is 2.71. The van der Waals surface area contributed by atoms with Crippen LogP contribution in [-0.2, 0) is 0 Å². The molecule has 0 aliphatic carbocycles. The van der Waals surface area contributed by atoms with Crippen molar-refractivity contribution < 1.29 is 4.79 Å². The summed E-state index contributed by atoms with van der Waals surface area (Å²) < 4.78 is 0.755. The van der Waals surface area contributed by atoms with Crippen LogP contribution in [0.4, 0.5) is 0 Å². The number of carbonyl (C=O) groups is 1. The second kappa shape index (κ2) is 5.59. The number of benzene rings is 1. The fraction of sp³-hybridized carbons (Fsp3) is 0.462. The Labute approximate surface area is 121 Å². The topological polar surface area (TPSA) is 32.3 Å². The van der Waals surface area contributed by atoms with Crippen molar-refractivity contribution in [3.63, 3.8) is 0 Å². The molecule has 1 aromatic carbocycles. The van der Waals surface area contributed by atoms with Gasteiger partial charge in [0.1, 0.15) is 0 Å². The molecule has 2 unspecified atom stereocenters. The number of hydrogen-bond acceptors (Lipinski definition) is 2. The Kier molecular flexibility index (Phi) is 4.30. The van der Waals surface area contributed by atoms with E-state index in [1.807, 2.05) is 24.0 Å². The van der Waals surface area contributed by atoms with E-state index in [1.165, 1.54) is 0 Å². The first kappa shape index (κ1) is 13.8. The molecule has 2 atom stereocenters. The lowest BCUT2D eigenvalue weighted by Gasteiger charge is -2.37. The summed E-state index contributed by atoms with van der Waals surface area (Å²) in [6.07, 6.45) is 0. The summed E-state index contributed by atoms with van der Waals surface area (Å²) in [4.78, 5) is 14.4. The lowest BCUT2D eigenvalue weighted by Crippen LogP contribution is -2.56. The van der Waals surface area contributed by atoms with Gasteiger partial charge in [0.15, 0.2) is 0 Å². The first-order valence-corrected chi connectivity index (χ1v) is 7.16. The number of amides is 1. The highest BCUT2D eigenvalue weighted by Gasteiger charge is 2.28. The minimum absolute atomic E-state index is 0.00199. The Morgan fingerprint density at radius 1 is 1.50 bits per heavy atom. The maximum absolute atomic E-state index is 12.5. The van der Waals surface area contributed by atoms with Crippen LogP contribution in [0.2, 0.25) is 5.02 Å². The molecule has 98 valence electrons. The zero-order valence-electron chi connectivity index (χ0n) is 10.4. The van der Waals surface area contributed by atoms with E-state index in [4.69, 9.17) is 11.6 Å². The molecule has 3 nitrogen and oxygen atoms in total. The highest BCUT2D eigenvalue weighted by atomic mass is 79.9. The van der Waals surface area contributed by atoms with Gasteiger partial charge in [0.25, 0.3) is 5.91 Å². The molecule has 1 aliphatic rings. The van der Waals surface area contributed by atoms with Gasteiger partial charge >= 0.3 is 0 Å². The molecular weight excluding hydrogens is 316 g/mol. The van der Waals surface area contributed by atoms with Crippen molar-refractivity contribution in [3.8, 4) is 0 Å². The van der Waals surface area contributed by atoms with Crippen molar-refractivity contribution in [2.75, 3.05) is 13.1 Å². The smallest absolute Gasteiger partial charge is 0.255 e. The van der Waals surface area contributed by atoms with E-state index in [-0.39, 0.29) is 11.9 Å². The van der Waals surface area contributed by atoms with Crippen molar-refractivity contribution in [2.45, 2.75) is 25.9 Å². The van der Waals surface area contributed by atoms with Crippen LogP contribution in [-0.4, -0.2) is 36.0 Å². The number of hydrogen-bond donors (Lipinski definition) is 1. The number of rotatable bonds is 1. The van der Waals surface area contributed by atoms with Crippen molar-refractivity contribution in [3.05, 3.63) is 33.3 Å². The number of nitrogens with one attached hydrogen (secondary N) is 1. The summed E-state index contributed by atoms with van der Waals surface area (Å²) in [7, 11) is 0. The van der Waals surface area contributed by atoms with Crippen molar-refractivity contribution in [1.29, 1.82) is 0 Å². The van der Waals surface area contributed by atoms with E-state index < -0.39 is 0 Å². The normalized spacial score (nSPS) is 24.1. The van der Waals surface area contributed by atoms with E-state index in [2.05, 4.69) is 28.2 Å². The zero-order valence-corrected chi connectivity index (χ0v) is 12.8. The molecule has 1 N–H and O–H groups in total. The first-order chi connectivity index (χ1) is 8.50. The third-order valence-electron chi connectivity index (χ3n) is 3.21. The second-order valence-corrected chi connectivity index (χ2v) is 5.95. The molecule has 1 amide bonds. The average Bonchev–Trinajstić information content (AvgIpc) is 2.35. The molecule has 18 heavy (non-hydrogen) atoms. The molecule has 0 saturated carbocycles. The molecule has 1 aliphatic heterocycles. The van der Waals surface area contributed by atoms with Gasteiger partial charge < -0.3 is 10.2 Å². The number of carbonyl (C=O) groups excluding carboxylic acids is 1. The number of piperazine rings is 1. The Bertz CT molecular complexity index is 466. The molecule has 0 radical (unpaired) electrons. The van der Waals surface area contributed by atoms with Gasteiger partial charge in [-0.25, -0.2) is 0 Å². The minimum Gasteiger partial charge on any atom is -0.333 e. The largest absolute Gasteiger partial charge is 0.333 e. The lowest BCUT2D eigenvalue weighted by atomic mass is 10.1. The summed E-state index contributed by atoms with van der Waals surface area (Å²) >= 11 is 9.53. The number of nitrogens with zero attached hydrogens (tertiary/aromatic N) is 1. The van der Waals surface area contributed by atoms with Crippen LogP contribution in [0.1, 0.15) is 24.2 Å². The van der Waals surface area contributed by atoms with Crippen molar-refractivity contribution in [2.24, 2.45) is 0 Å². The van der Waals surface area contributed by atoms with Gasteiger partial charge in [-0.3, -0.25) is 4.79 Å². The summed E-state index contributed by atoms with van der Waals surface area (Å²) in [6.45, 7) is 5.65. The quantitative estimate of drug-likeness (QED) is 0.858. The number of halogens is 2. The van der Waals surface area contributed by atoms with Crippen LogP contribution < -0.4 is 5.32 Å². The van der Waals surface area contributed by atoms with Gasteiger partial charge in [0.2, 0.25) is 0 Å². The molecule has 1 fully saturated rings. The molecule has 0 aromatic heterocycles. The predicted molar refractivity (Wildman–Crippen MR) is 77.1 cm³/mol. The van der Waals surface area contributed by atoms with Crippen LogP contribution in [0, 0.1) is 0 Å². The predicted octanol–water partition coefficient (Wildman–Crippen LogP) is 2.92. The maximum Gasteiger partial charge on any atom is 0.255 e. The van der Waals surface area contributed by atoms with E-state index in [0.29, 0.717) is 23.2 Å². The molecule has 0 spiro atoms. The molecule has 1 heterocycles. The second-order valence-electron chi connectivity index (χ2n) is 4.72. The van der Waals surface area contributed by atoms with Crippen LogP contribution >= 0.6 is 27.5 Å². The highest BCUT2D eigenvalue weighted by Crippen LogP contribution is 2.27. The first-order valence-electron chi connectivity index (χ1n) is 5.99. The SMILES string of the molecule is CC1CN(C(=O)c2cccc(Br)c2Cl)C(C)CN1. The van der Waals surface area contributed by atoms with Crippen molar-refractivity contribution in [1.82, 2.24) is 10.2 Å². The average molecular weight is 332 g/mol. The van der Waals surface area contributed by atoms with Crippen LogP contribution in [0.5, 0.6) is 0 Å². The van der Waals surface area contributed by atoms with Crippen LogP contribution in [0.3, 0.4) is 0 Å². The Morgan fingerprint density at radius 2 is 2.22 bits per heavy atom. The Hall–Kier alpha value is -0.580. The third-order valence-corrected chi connectivity index (χ3v) is 4.50. The molecule has 1 aromatic rings. The summed E-state index contributed by atoms with van der Waals surface area (Å²) in [5, 5.41) is 3.84.